The van der Waals surface area contributed by atoms with Gasteiger partial charge in [-0.25, -0.2) is 9.97 Å². The number of Topliss-reactive ketones (excluding diaryl/α,β-unsaturated/α-hetero) is 4. The van der Waals surface area contributed by atoms with Crippen LogP contribution in [0.15, 0.2) is 116 Å². The highest BCUT2D eigenvalue weighted by atomic mass is 35.5. The first-order valence-electron chi connectivity index (χ1n) is 37.2. The van der Waals surface area contributed by atoms with E-state index in [9.17, 15) is 43.8 Å². The minimum absolute atomic E-state index is 0.0297. The number of aliphatic hydroxyl groups excluding tert-OH is 2. The minimum Gasteiger partial charge on any atom is -0.391 e. The molecule has 107 heavy (non-hydrogen) atoms. The third-order valence-corrected chi connectivity index (χ3v) is 22.5. The van der Waals surface area contributed by atoms with Gasteiger partial charge >= 0.3 is 0 Å². The molecule has 3 aromatic carbocycles. The lowest BCUT2D eigenvalue weighted by Crippen LogP contribution is -2.45. The Kier molecular flexibility index (Phi) is 26.8. The molecule has 3 saturated heterocycles. The van der Waals surface area contributed by atoms with E-state index < -0.39 is 53.5 Å². The molecule has 23 heteroatoms. The van der Waals surface area contributed by atoms with Crippen molar-refractivity contribution in [1.82, 2.24) is 40.1 Å². The van der Waals surface area contributed by atoms with Gasteiger partial charge in [0.05, 0.1) is 86.1 Å². The predicted molar refractivity (Wildman–Crippen MR) is 416 cm³/mol. The van der Waals surface area contributed by atoms with E-state index in [1.165, 1.54) is 4.90 Å². The number of hydrogen-bond donors (Lipinski definition) is 2. The summed E-state index contributed by atoms with van der Waals surface area (Å²) in [7, 11) is 0. The normalized spacial score (nSPS) is 18.7. The third kappa shape index (κ3) is 20.8. The summed E-state index contributed by atoms with van der Waals surface area (Å²) in [6, 6.07) is 27.3. The van der Waals surface area contributed by atoms with Crippen molar-refractivity contribution < 1.29 is 57.3 Å². The predicted octanol–water partition coefficient (Wildman–Crippen LogP) is 15.7. The molecule has 3 amide bonds. The molecule has 20 nitrogen and oxygen atoms in total. The van der Waals surface area contributed by atoms with E-state index >= 15 is 0 Å². The van der Waals surface area contributed by atoms with Crippen LogP contribution in [-0.4, -0.2) is 141 Å². The van der Waals surface area contributed by atoms with Crippen LogP contribution >= 0.6 is 34.3 Å². The van der Waals surface area contributed by atoms with Crippen LogP contribution in [0.5, 0.6) is 0 Å². The van der Waals surface area contributed by atoms with Crippen LogP contribution in [0.25, 0.3) is 20.9 Å². The number of amides is 3. The highest BCUT2D eigenvalue weighted by Crippen LogP contribution is 2.42. The summed E-state index contributed by atoms with van der Waals surface area (Å²) < 4.78 is 16.9. The zero-order valence-corrected chi connectivity index (χ0v) is 67.7. The lowest BCUT2D eigenvalue weighted by molar-refractivity contribution is -0.141. The van der Waals surface area contributed by atoms with Crippen molar-refractivity contribution in [3.63, 3.8) is 0 Å². The summed E-state index contributed by atoms with van der Waals surface area (Å²) in [6.45, 7) is 36.3. The van der Waals surface area contributed by atoms with Gasteiger partial charge in [0, 0.05) is 91.1 Å². The molecule has 0 aliphatic carbocycles. The van der Waals surface area contributed by atoms with E-state index in [0.717, 1.165) is 66.0 Å². The van der Waals surface area contributed by atoms with Gasteiger partial charge in [0.2, 0.25) is 17.7 Å². The number of aliphatic hydroxyl groups is 2. The van der Waals surface area contributed by atoms with Crippen LogP contribution in [0.2, 0.25) is 5.02 Å². The number of aryl methyl sites for hydroxylation is 5. The van der Waals surface area contributed by atoms with Crippen molar-refractivity contribution in [2.24, 2.45) is 17.3 Å². The van der Waals surface area contributed by atoms with Crippen molar-refractivity contribution >= 4 is 75.1 Å². The minimum atomic E-state index is -0.731. The number of thiazole rings is 2. The number of carbonyl (C=O) groups is 7. The SMILES string of the molecule is CC(C)C(C(=O)N1CC(O)CC1C(=O)CCc1ccc(Cl)cc1)c1cc(C(C)(C)C)no1.Cc1ncsc1-c1ccc(CCC(=O)C2CC(=O)CN2C(=O)C(c2cc(C(C)(C)C)no2)C(C)C)cc1.Cc1ncsc1-c1ccc(CCC(=O)C2CC(O)CN2C(=O)C(c2cc(C(C)(C)C)no2)C(C)(C)C)cc1. The van der Waals surface area contributed by atoms with Crippen LogP contribution < -0.4 is 0 Å². The first kappa shape index (κ1) is 82.9. The Morgan fingerprint density at radius 1 is 0.505 bits per heavy atom. The number of aromatic nitrogens is 5. The van der Waals surface area contributed by atoms with Gasteiger partial charge in [-0.2, -0.15) is 0 Å². The number of halogens is 1. The lowest BCUT2D eigenvalue weighted by Gasteiger charge is -2.33. The van der Waals surface area contributed by atoms with Crippen LogP contribution in [0.1, 0.15) is 229 Å². The average Bonchev–Trinajstić information content (AvgIpc) is 1.68. The Labute approximate surface area is 642 Å². The summed E-state index contributed by atoms with van der Waals surface area (Å²) in [6.07, 6.45) is 1.72. The van der Waals surface area contributed by atoms with Gasteiger partial charge in [-0.15, -0.1) is 22.7 Å². The Morgan fingerprint density at radius 3 is 1.20 bits per heavy atom. The Hall–Kier alpha value is -8.15. The Bertz CT molecular complexity index is 4390. The molecule has 0 saturated carbocycles. The number of nitrogens with zero attached hydrogens (tertiary/aromatic N) is 8. The molecule has 0 bridgehead atoms. The second kappa shape index (κ2) is 34.6. The van der Waals surface area contributed by atoms with E-state index in [1.54, 1.807) is 44.6 Å². The molecule has 8 atom stereocenters. The number of ketones is 4. The summed E-state index contributed by atoms with van der Waals surface area (Å²) in [5.74, 6) is -1.33. The number of likely N-dealkylation sites (tertiary alicyclic amines) is 3. The third-order valence-electron chi connectivity index (χ3n) is 20.2. The average molecular weight is 1520 g/mol. The van der Waals surface area contributed by atoms with Gasteiger partial charge in [0.25, 0.3) is 0 Å². The monoisotopic (exact) mass is 1520 g/mol. The van der Waals surface area contributed by atoms with Gasteiger partial charge in [0.1, 0.15) is 35.0 Å². The van der Waals surface area contributed by atoms with E-state index in [4.69, 9.17) is 25.2 Å². The maximum atomic E-state index is 13.9. The van der Waals surface area contributed by atoms with Gasteiger partial charge in [0.15, 0.2) is 23.1 Å². The number of benzene rings is 3. The van der Waals surface area contributed by atoms with Crippen molar-refractivity contribution in [3.05, 3.63) is 169 Å². The molecule has 0 spiro atoms. The topological polar surface area (TPSA) is 274 Å². The number of rotatable bonds is 22. The number of carbonyl (C=O) groups excluding carboxylic acids is 7. The quantitative estimate of drug-likeness (QED) is 0.0638. The summed E-state index contributed by atoms with van der Waals surface area (Å²) in [5, 5.41) is 34.0. The van der Waals surface area contributed by atoms with Gasteiger partial charge in [-0.1, -0.05) is 199 Å². The largest absolute Gasteiger partial charge is 0.391 e. The maximum Gasteiger partial charge on any atom is 0.234 e. The van der Waals surface area contributed by atoms with Gasteiger partial charge in [-0.3, -0.25) is 33.6 Å². The zero-order chi connectivity index (χ0) is 78.4. The highest BCUT2D eigenvalue weighted by Gasteiger charge is 2.48. The molecule has 8 unspecified atom stereocenters. The summed E-state index contributed by atoms with van der Waals surface area (Å²) in [4.78, 5) is 109. The summed E-state index contributed by atoms with van der Waals surface area (Å²) in [5.41, 5.74) is 12.3. The van der Waals surface area contributed by atoms with Crippen LogP contribution in [0.3, 0.4) is 0 Å². The number of β-amino-alcohol motifs (C(OH)–C–C–N with tert-alkyl or cyclic N) is 2. The molecule has 8 aromatic rings. The maximum absolute atomic E-state index is 13.9. The molecule has 8 heterocycles. The number of hydrogen-bond acceptors (Lipinski definition) is 19. The van der Waals surface area contributed by atoms with E-state index in [1.807, 2.05) is 202 Å². The first-order chi connectivity index (χ1) is 50.2. The first-order valence-corrected chi connectivity index (χ1v) is 39.3. The lowest BCUT2D eigenvalue weighted by atomic mass is 9.77. The fraction of sp³-hybridized carbons (Fsp3) is 0.524. The Morgan fingerprint density at radius 2 is 0.850 bits per heavy atom. The molecule has 3 fully saturated rings. The van der Waals surface area contributed by atoms with E-state index in [2.05, 4.69) is 37.6 Å². The second-order valence-electron chi connectivity index (χ2n) is 33.8. The van der Waals surface area contributed by atoms with Crippen LogP contribution in [0.4, 0.5) is 0 Å². The molecule has 3 aliphatic rings. The molecule has 5 aromatic heterocycles. The van der Waals surface area contributed by atoms with Crippen molar-refractivity contribution in [2.45, 2.75) is 247 Å². The van der Waals surface area contributed by atoms with Crippen LogP contribution in [0, 0.1) is 31.1 Å². The van der Waals surface area contributed by atoms with Crippen LogP contribution in [-0.2, 0) is 69.1 Å². The standard InChI is InChI=1S/C30H39N3O4S.C29H35N3O4S.C25H33ClN2O4/c1-18-27(38-17-31-18)20-11-8-19(9-12-20)10-13-23(35)22-14-21(34)16-33(22)28(36)26(30(5,6)7)24-15-25(32-37-24)29(2,3)4;1-17(2)26(24-14-25(31-36-24)29(4,5)6)28(35)32-15-21(33)13-22(32)23(34)12-9-19-7-10-20(11-8-19)27-18(3)30-16-37-27;1-15(2)23(21-13-22(27-32-21)25(3,4)5)24(31)28-14-18(29)12-19(28)20(30)11-8-16-6-9-17(26)10-7-16/h8-9,11-12,15,17,21-22,26,34H,10,13-14,16H2,1-7H3;7-8,10-11,14,16-17,22,26H,9,12-13,15H2,1-6H3;6-7,9-10,13,15,18-19,23,29H,8,11-12,14H2,1-5H3. The summed E-state index contributed by atoms with van der Waals surface area (Å²) >= 11 is 9.15. The molecule has 2 N–H and O–H groups in total. The Balaban J connectivity index is 0.000000186. The van der Waals surface area contributed by atoms with Crippen molar-refractivity contribution in [2.75, 3.05) is 19.6 Å². The fourth-order valence-electron chi connectivity index (χ4n) is 14.0. The molecule has 0 radical (unpaired) electrons. The zero-order valence-electron chi connectivity index (χ0n) is 65.3. The van der Waals surface area contributed by atoms with Crippen molar-refractivity contribution in [3.8, 4) is 20.9 Å². The van der Waals surface area contributed by atoms with Crippen molar-refractivity contribution in [1.29, 1.82) is 0 Å². The van der Waals surface area contributed by atoms with E-state index in [-0.39, 0.29) is 114 Å². The molecule has 11 rings (SSSR count). The highest BCUT2D eigenvalue weighted by molar-refractivity contribution is 7.13. The molecule has 574 valence electrons. The van der Waals surface area contributed by atoms with Gasteiger partial charge in [-0.05, 0) is 90.3 Å². The van der Waals surface area contributed by atoms with Gasteiger partial charge < -0.3 is 38.5 Å². The fourth-order valence-corrected chi connectivity index (χ4v) is 15.7. The second-order valence-corrected chi connectivity index (χ2v) is 36.0. The molecule has 3 aliphatic heterocycles. The smallest absolute Gasteiger partial charge is 0.234 e. The molecular weight excluding hydrogens is 1410 g/mol. The molecular formula is C84H107ClN8O12S2. The van der Waals surface area contributed by atoms with E-state index in [0.29, 0.717) is 54.4 Å².